The second-order valence-electron chi connectivity index (χ2n) is 7.44. The van der Waals surface area contributed by atoms with E-state index in [0.29, 0.717) is 43.9 Å². The van der Waals surface area contributed by atoms with Crippen molar-refractivity contribution in [3.63, 3.8) is 0 Å². The van der Waals surface area contributed by atoms with Crippen molar-refractivity contribution in [1.82, 2.24) is 9.80 Å². The van der Waals surface area contributed by atoms with Gasteiger partial charge in [0.15, 0.2) is 0 Å². The second-order valence-corrected chi connectivity index (χ2v) is 7.44. The normalized spacial score (nSPS) is 18.6. The van der Waals surface area contributed by atoms with Crippen LogP contribution in [-0.4, -0.2) is 47.8 Å². The van der Waals surface area contributed by atoms with E-state index in [1.54, 1.807) is 6.07 Å². The zero-order chi connectivity index (χ0) is 17.8. The van der Waals surface area contributed by atoms with Gasteiger partial charge in [0.25, 0.3) is 5.91 Å². The number of carbonyl (C=O) groups excluding carboxylic acids is 2. The second kappa shape index (κ2) is 7.89. The summed E-state index contributed by atoms with van der Waals surface area (Å²) < 4.78 is 0. The summed E-state index contributed by atoms with van der Waals surface area (Å²) in [7, 11) is 0. The molecule has 2 N–H and O–H groups in total. The van der Waals surface area contributed by atoms with E-state index in [1.165, 1.54) is 25.7 Å². The Bertz CT molecular complexity index is 630. The molecule has 5 heteroatoms. The van der Waals surface area contributed by atoms with Crippen LogP contribution in [0.4, 0.5) is 5.69 Å². The van der Waals surface area contributed by atoms with Gasteiger partial charge in [-0.05, 0) is 37.0 Å². The maximum atomic E-state index is 12.7. The van der Waals surface area contributed by atoms with E-state index in [4.69, 9.17) is 5.73 Å². The van der Waals surface area contributed by atoms with Crippen LogP contribution in [0.2, 0.25) is 0 Å². The standard InChI is InChI=1S/C20H29N3O2/c1-15-6-8-17(21)14-18(15)20(25)23-12-10-22(11-13-23)19(24)9-7-16-4-2-3-5-16/h6,8,14,16H,2-5,7,9-13,21H2,1H3. The fourth-order valence-electron chi connectivity index (χ4n) is 3.98. The molecule has 0 radical (unpaired) electrons. The Kier molecular flexibility index (Phi) is 5.61. The Morgan fingerprint density at radius 1 is 1.08 bits per heavy atom. The summed E-state index contributed by atoms with van der Waals surface area (Å²) in [4.78, 5) is 28.9. The molecule has 0 spiro atoms. The molecule has 5 nitrogen and oxygen atoms in total. The topological polar surface area (TPSA) is 66.6 Å². The number of hydrogen-bond donors (Lipinski definition) is 1. The van der Waals surface area contributed by atoms with Crippen molar-refractivity contribution in [3.8, 4) is 0 Å². The van der Waals surface area contributed by atoms with Gasteiger partial charge in [-0.1, -0.05) is 31.7 Å². The minimum absolute atomic E-state index is 0.0165. The first kappa shape index (κ1) is 17.8. The van der Waals surface area contributed by atoms with Crippen LogP contribution in [0.3, 0.4) is 0 Å². The van der Waals surface area contributed by atoms with Crippen LogP contribution in [0.25, 0.3) is 0 Å². The molecule has 3 rings (SSSR count). The Morgan fingerprint density at radius 2 is 1.72 bits per heavy atom. The molecule has 2 fully saturated rings. The molecule has 1 heterocycles. The molecular formula is C20H29N3O2. The van der Waals surface area contributed by atoms with Gasteiger partial charge in [-0.2, -0.15) is 0 Å². The number of nitrogens with two attached hydrogens (primary N) is 1. The first-order valence-corrected chi connectivity index (χ1v) is 9.48. The molecule has 136 valence electrons. The predicted molar refractivity (Wildman–Crippen MR) is 99.3 cm³/mol. The molecule has 2 aliphatic rings. The molecule has 0 bridgehead atoms. The highest BCUT2D eigenvalue weighted by Gasteiger charge is 2.26. The largest absolute Gasteiger partial charge is 0.399 e. The zero-order valence-electron chi connectivity index (χ0n) is 15.2. The quantitative estimate of drug-likeness (QED) is 0.855. The minimum Gasteiger partial charge on any atom is -0.399 e. The van der Waals surface area contributed by atoms with Crippen molar-refractivity contribution >= 4 is 17.5 Å². The maximum absolute atomic E-state index is 12.7. The molecule has 1 saturated heterocycles. The Labute approximate surface area is 150 Å². The molecular weight excluding hydrogens is 314 g/mol. The van der Waals surface area contributed by atoms with Gasteiger partial charge in [0.2, 0.25) is 5.91 Å². The first-order chi connectivity index (χ1) is 12.0. The molecule has 1 aromatic carbocycles. The predicted octanol–water partition coefficient (Wildman–Crippen LogP) is 2.83. The number of amides is 2. The van der Waals surface area contributed by atoms with Crippen LogP contribution in [0, 0.1) is 12.8 Å². The Hall–Kier alpha value is -2.04. The van der Waals surface area contributed by atoms with Crippen LogP contribution >= 0.6 is 0 Å². The average molecular weight is 343 g/mol. The van der Waals surface area contributed by atoms with Gasteiger partial charge in [0.05, 0.1) is 0 Å². The number of nitrogen functional groups attached to an aromatic ring is 1. The summed E-state index contributed by atoms with van der Waals surface area (Å²) in [5, 5.41) is 0. The highest BCUT2D eigenvalue weighted by Crippen LogP contribution is 2.28. The highest BCUT2D eigenvalue weighted by atomic mass is 16.2. The van der Waals surface area contributed by atoms with Crippen LogP contribution in [0.1, 0.15) is 54.4 Å². The lowest BCUT2D eigenvalue weighted by molar-refractivity contribution is -0.133. The number of carbonyl (C=O) groups is 2. The number of hydrogen-bond acceptors (Lipinski definition) is 3. The lowest BCUT2D eigenvalue weighted by atomic mass is 10.0. The summed E-state index contributed by atoms with van der Waals surface area (Å²) in [6, 6.07) is 5.44. The smallest absolute Gasteiger partial charge is 0.254 e. The lowest BCUT2D eigenvalue weighted by Gasteiger charge is -2.35. The molecule has 1 aromatic rings. The van der Waals surface area contributed by atoms with Gasteiger partial charge in [0.1, 0.15) is 0 Å². The average Bonchev–Trinajstić information content (AvgIpc) is 3.15. The summed E-state index contributed by atoms with van der Waals surface area (Å²) in [6.07, 6.45) is 6.91. The minimum atomic E-state index is 0.0165. The fraction of sp³-hybridized carbons (Fsp3) is 0.600. The van der Waals surface area contributed by atoms with Crippen molar-refractivity contribution in [1.29, 1.82) is 0 Å². The monoisotopic (exact) mass is 343 g/mol. The molecule has 1 saturated carbocycles. The Morgan fingerprint density at radius 3 is 2.40 bits per heavy atom. The van der Waals surface area contributed by atoms with E-state index in [1.807, 2.05) is 28.9 Å². The van der Waals surface area contributed by atoms with Crippen LogP contribution in [0.5, 0.6) is 0 Å². The SMILES string of the molecule is Cc1ccc(N)cc1C(=O)N1CCN(C(=O)CCC2CCCC2)CC1. The summed E-state index contributed by atoms with van der Waals surface area (Å²) >= 11 is 0. The van der Waals surface area contributed by atoms with Gasteiger partial charge >= 0.3 is 0 Å². The molecule has 2 amide bonds. The number of rotatable bonds is 4. The van der Waals surface area contributed by atoms with Crippen LogP contribution in [0.15, 0.2) is 18.2 Å². The lowest BCUT2D eigenvalue weighted by Crippen LogP contribution is -2.50. The molecule has 25 heavy (non-hydrogen) atoms. The number of aryl methyl sites for hydroxylation is 1. The highest BCUT2D eigenvalue weighted by molar-refractivity contribution is 5.96. The maximum Gasteiger partial charge on any atom is 0.254 e. The van der Waals surface area contributed by atoms with Crippen molar-refractivity contribution in [2.45, 2.75) is 45.4 Å². The summed E-state index contributed by atoms with van der Waals surface area (Å²) in [5.74, 6) is 1.01. The van der Waals surface area contributed by atoms with E-state index >= 15 is 0 Å². The van der Waals surface area contributed by atoms with Crippen molar-refractivity contribution < 1.29 is 9.59 Å². The fourth-order valence-corrected chi connectivity index (χ4v) is 3.98. The number of anilines is 1. The van der Waals surface area contributed by atoms with Crippen molar-refractivity contribution in [2.75, 3.05) is 31.9 Å². The molecule has 1 aliphatic heterocycles. The van der Waals surface area contributed by atoms with Gasteiger partial charge < -0.3 is 15.5 Å². The number of piperazine rings is 1. The molecule has 0 aromatic heterocycles. The Balaban J connectivity index is 1.50. The third-order valence-corrected chi connectivity index (χ3v) is 5.65. The summed E-state index contributed by atoms with van der Waals surface area (Å²) in [5.41, 5.74) is 8.03. The number of nitrogens with zero attached hydrogens (tertiary/aromatic N) is 2. The van der Waals surface area contributed by atoms with Crippen molar-refractivity contribution in [2.24, 2.45) is 5.92 Å². The molecule has 1 aliphatic carbocycles. The number of benzene rings is 1. The van der Waals surface area contributed by atoms with Gasteiger partial charge in [-0.25, -0.2) is 0 Å². The first-order valence-electron chi connectivity index (χ1n) is 9.48. The van der Waals surface area contributed by atoms with E-state index in [2.05, 4.69) is 0 Å². The van der Waals surface area contributed by atoms with Gasteiger partial charge in [-0.15, -0.1) is 0 Å². The third kappa shape index (κ3) is 4.33. The van der Waals surface area contributed by atoms with E-state index in [-0.39, 0.29) is 11.8 Å². The van der Waals surface area contributed by atoms with Gasteiger partial charge in [-0.3, -0.25) is 9.59 Å². The van der Waals surface area contributed by atoms with Crippen LogP contribution in [-0.2, 0) is 4.79 Å². The van der Waals surface area contributed by atoms with Crippen molar-refractivity contribution in [3.05, 3.63) is 29.3 Å². The van der Waals surface area contributed by atoms with E-state index < -0.39 is 0 Å². The molecule has 0 unspecified atom stereocenters. The van der Waals surface area contributed by atoms with Gasteiger partial charge in [0, 0.05) is 43.9 Å². The third-order valence-electron chi connectivity index (χ3n) is 5.65. The van der Waals surface area contributed by atoms with Crippen LogP contribution < -0.4 is 5.73 Å². The zero-order valence-corrected chi connectivity index (χ0v) is 15.2. The van der Waals surface area contributed by atoms with E-state index in [0.717, 1.165) is 17.9 Å². The summed E-state index contributed by atoms with van der Waals surface area (Å²) in [6.45, 7) is 4.40. The molecule has 0 atom stereocenters. The van der Waals surface area contributed by atoms with E-state index in [9.17, 15) is 9.59 Å².